The third-order valence-electron chi connectivity index (χ3n) is 12.7. The standard InChI is InChI=1S/C10H13Cl.C9H11Cl2N.C8H9Cl2N.C8H10ClN.C8H9Cl.C8H8F3N.C8H9F.C7H7Cl2N.C7H8ClN/c1-10(2,3)8-4-6-9(11)7-5-8;1-9(2,12)6-3-4-7(10)8(11)5-6;1-5(11)6-2-3-7(9)8(10)4-6;1-6(10)7-2-4-8(9)5-3-7;1-2-7-3-5-8(9)6-4-7;9-8(10,11)7-3-1-6(5-12)2-4-7;1-2-7-3-5-8(9)6-4-7;8-6-2-1-5(4-10)3-7(6)9;8-7-3-1-2-6(4-7)5-9/h4-7H,1-3H3;3-5H,12H2,1-2H3;2-5H,11H2,1H3;2-6H,10H2,1H3;3-6H,2H2,1H3;1-4H,5,12H2;3-6H,2H2,1H3;1-3H,4,10H2;1-4H,5,9H2. The van der Waals surface area contributed by atoms with E-state index in [1.807, 2.05) is 138 Å². The second-order valence-electron chi connectivity index (χ2n) is 22.1. The molecule has 6 nitrogen and oxygen atoms in total. The van der Waals surface area contributed by atoms with Gasteiger partial charge in [0.1, 0.15) is 5.82 Å². The molecule has 9 rings (SSSR count). The lowest BCUT2D eigenvalue weighted by molar-refractivity contribution is -0.137. The van der Waals surface area contributed by atoms with Crippen molar-refractivity contribution in [1.82, 2.24) is 0 Å². The van der Waals surface area contributed by atoms with Gasteiger partial charge in [-0.2, -0.15) is 13.2 Å². The van der Waals surface area contributed by atoms with E-state index in [-0.39, 0.29) is 35.4 Å². The first-order chi connectivity index (χ1) is 43.5. The van der Waals surface area contributed by atoms with Crippen molar-refractivity contribution in [2.45, 2.75) is 124 Å². The second-order valence-corrected chi connectivity index (χ2v) is 26.2. The number of halogens is 14. The van der Waals surface area contributed by atoms with Crippen LogP contribution in [-0.2, 0) is 49.6 Å². The molecule has 0 aromatic heterocycles. The largest absolute Gasteiger partial charge is 0.416 e. The van der Waals surface area contributed by atoms with Crippen molar-refractivity contribution in [1.29, 1.82) is 0 Å². The predicted octanol–water partition coefficient (Wildman–Crippen LogP) is 23.9. The van der Waals surface area contributed by atoms with Gasteiger partial charge < -0.3 is 34.4 Å². The van der Waals surface area contributed by atoms with E-state index >= 15 is 0 Å². The number of aryl methyl sites for hydroxylation is 2. The Labute approximate surface area is 599 Å². The normalized spacial score (nSPS) is 11.2. The molecule has 12 N–H and O–H groups in total. The molecule has 504 valence electrons. The molecule has 0 aliphatic rings. The van der Waals surface area contributed by atoms with E-state index in [9.17, 15) is 17.6 Å². The Balaban J connectivity index is 0.000000524. The van der Waals surface area contributed by atoms with E-state index in [2.05, 4.69) is 39.8 Å². The Bertz CT molecular complexity index is 3460. The van der Waals surface area contributed by atoms with Crippen molar-refractivity contribution >= 4 is 116 Å². The predicted molar refractivity (Wildman–Crippen MR) is 397 cm³/mol. The molecule has 2 atom stereocenters. The molecule has 0 spiro atoms. The Morgan fingerprint density at radius 1 is 0.355 bits per heavy atom. The summed E-state index contributed by atoms with van der Waals surface area (Å²) >= 11 is 57.2. The van der Waals surface area contributed by atoms with Crippen LogP contribution in [0.1, 0.15) is 130 Å². The monoisotopic (exact) mass is 1470 g/mol. The van der Waals surface area contributed by atoms with Crippen molar-refractivity contribution in [2.75, 3.05) is 0 Å². The zero-order valence-corrected chi connectivity index (χ0v) is 61.1. The zero-order chi connectivity index (χ0) is 70.6. The summed E-state index contributed by atoms with van der Waals surface area (Å²) in [4.78, 5) is 0. The molecule has 9 aromatic rings. The number of rotatable bonds is 8. The van der Waals surface area contributed by atoms with Crippen LogP contribution in [0.4, 0.5) is 17.6 Å². The summed E-state index contributed by atoms with van der Waals surface area (Å²) in [5.74, 6) is -0.160. The third-order valence-corrected chi connectivity index (χ3v) is 16.0. The summed E-state index contributed by atoms with van der Waals surface area (Å²) in [6.45, 7) is 19.8. The van der Waals surface area contributed by atoms with Crippen LogP contribution in [0.3, 0.4) is 0 Å². The highest BCUT2D eigenvalue weighted by Gasteiger charge is 2.29. The Morgan fingerprint density at radius 2 is 0.699 bits per heavy atom. The topological polar surface area (TPSA) is 156 Å². The highest BCUT2D eigenvalue weighted by molar-refractivity contribution is 6.43. The van der Waals surface area contributed by atoms with Crippen molar-refractivity contribution < 1.29 is 17.6 Å². The lowest BCUT2D eigenvalue weighted by Crippen LogP contribution is -2.28. The summed E-state index contributed by atoms with van der Waals surface area (Å²) < 4.78 is 48.2. The highest BCUT2D eigenvalue weighted by Crippen LogP contribution is 2.30. The van der Waals surface area contributed by atoms with Gasteiger partial charge in [-0.3, -0.25) is 0 Å². The van der Waals surface area contributed by atoms with Crippen LogP contribution in [0.5, 0.6) is 0 Å². The minimum atomic E-state index is -4.26. The first-order valence-corrected chi connectivity index (χ1v) is 32.9. The van der Waals surface area contributed by atoms with E-state index in [0.717, 1.165) is 72.9 Å². The first kappa shape index (κ1) is 86.4. The van der Waals surface area contributed by atoms with E-state index in [1.165, 1.54) is 41.0 Å². The van der Waals surface area contributed by atoms with Gasteiger partial charge in [0.15, 0.2) is 0 Å². The van der Waals surface area contributed by atoms with Crippen molar-refractivity contribution in [3.05, 3.63) is 312 Å². The lowest BCUT2D eigenvalue weighted by Gasteiger charge is -2.19. The molecule has 0 saturated carbocycles. The maximum Gasteiger partial charge on any atom is 0.416 e. The molecule has 2 unspecified atom stereocenters. The van der Waals surface area contributed by atoms with E-state index in [0.29, 0.717) is 48.8 Å². The van der Waals surface area contributed by atoms with Gasteiger partial charge in [-0.05, 0) is 205 Å². The fourth-order valence-electron chi connectivity index (χ4n) is 7.01. The fraction of sp³-hybridized carbons (Fsp3) is 0.260. The molecule has 0 saturated heterocycles. The second kappa shape index (κ2) is 45.0. The smallest absolute Gasteiger partial charge is 0.326 e. The summed E-state index contributed by atoms with van der Waals surface area (Å²) in [5, 5.41) is 6.48. The quantitative estimate of drug-likeness (QED) is 0.0832. The SMILES string of the molecule is CC(C)(C)c1ccc(Cl)cc1.CC(C)(N)c1ccc(Cl)c(Cl)c1.CC(N)c1ccc(Cl)c(Cl)c1.CC(N)c1ccc(Cl)cc1.CCc1ccc(Cl)cc1.CCc1ccc(F)cc1.NCc1ccc(C(F)(F)F)cc1.NCc1ccc(Cl)c(Cl)c1.NCc1cccc(Cl)c1. The van der Waals surface area contributed by atoms with Gasteiger partial charge in [0.2, 0.25) is 0 Å². The number of benzene rings is 9. The molecule has 20 heteroatoms. The molecule has 0 radical (unpaired) electrons. The van der Waals surface area contributed by atoms with Crippen LogP contribution >= 0.6 is 116 Å². The average Bonchev–Trinajstić information content (AvgIpc) is 1.42. The van der Waals surface area contributed by atoms with E-state index in [4.69, 9.17) is 150 Å². The van der Waals surface area contributed by atoms with Gasteiger partial charge in [0.25, 0.3) is 0 Å². The Kier molecular flexibility index (Phi) is 41.8. The van der Waals surface area contributed by atoms with Crippen LogP contribution in [0.2, 0.25) is 50.2 Å². The molecule has 0 aliphatic heterocycles. The van der Waals surface area contributed by atoms with Crippen LogP contribution in [0, 0.1) is 5.82 Å². The van der Waals surface area contributed by atoms with Gasteiger partial charge in [-0.1, -0.05) is 242 Å². The molecular formula is C73H84Cl10F4N6. The van der Waals surface area contributed by atoms with Crippen LogP contribution in [0.25, 0.3) is 0 Å². The summed E-state index contributed by atoms with van der Waals surface area (Å²) in [6, 6.07) is 58.7. The Hall–Kier alpha value is -4.64. The van der Waals surface area contributed by atoms with Gasteiger partial charge in [0, 0.05) is 57.3 Å². The number of nitrogens with two attached hydrogens (primary N) is 6. The van der Waals surface area contributed by atoms with Crippen LogP contribution in [-0.4, -0.2) is 0 Å². The number of alkyl halides is 3. The van der Waals surface area contributed by atoms with Gasteiger partial charge in [0.05, 0.1) is 35.7 Å². The minimum Gasteiger partial charge on any atom is -0.326 e. The highest BCUT2D eigenvalue weighted by atomic mass is 35.5. The number of hydrogen-bond acceptors (Lipinski definition) is 6. The maximum absolute atomic E-state index is 12.2. The van der Waals surface area contributed by atoms with Crippen LogP contribution < -0.4 is 34.4 Å². The zero-order valence-electron chi connectivity index (χ0n) is 53.5. The minimum absolute atomic E-state index is 0.00441. The maximum atomic E-state index is 12.2. The average molecular weight is 1480 g/mol. The third kappa shape index (κ3) is 37.5. The van der Waals surface area contributed by atoms with E-state index < -0.39 is 11.7 Å². The molecule has 93 heavy (non-hydrogen) atoms. The van der Waals surface area contributed by atoms with Gasteiger partial charge in [-0.15, -0.1) is 0 Å². The molecule has 0 aliphatic carbocycles. The summed E-state index contributed by atoms with van der Waals surface area (Å²) in [5.41, 5.74) is 42.0. The molecule has 0 bridgehead atoms. The van der Waals surface area contributed by atoms with Gasteiger partial charge in [-0.25, -0.2) is 4.39 Å². The summed E-state index contributed by atoms with van der Waals surface area (Å²) in [7, 11) is 0. The van der Waals surface area contributed by atoms with E-state index in [1.54, 1.807) is 48.5 Å². The molecule has 9 aromatic carbocycles. The first-order valence-electron chi connectivity index (χ1n) is 29.1. The lowest BCUT2D eigenvalue weighted by atomic mass is 9.87. The Morgan fingerprint density at radius 3 is 1.06 bits per heavy atom. The van der Waals surface area contributed by atoms with Crippen molar-refractivity contribution in [3.8, 4) is 0 Å². The summed E-state index contributed by atoms with van der Waals surface area (Å²) in [6.07, 6.45) is -2.20. The molecule has 0 amide bonds. The van der Waals surface area contributed by atoms with Crippen molar-refractivity contribution in [3.63, 3.8) is 0 Å². The van der Waals surface area contributed by atoms with Gasteiger partial charge >= 0.3 is 6.18 Å². The molecule has 0 heterocycles. The number of hydrogen-bond donors (Lipinski definition) is 6. The molecule has 0 fully saturated rings. The van der Waals surface area contributed by atoms with Crippen molar-refractivity contribution in [2.24, 2.45) is 34.4 Å². The van der Waals surface area contributed by atoms with Crippen LogP contribution in [0.15, 0.2) is 200 Å². The molecular weight excluding hydrogens is 1390 g/mol. The fourth-order valence-corrected chi connectivity index (χ4v) is 8.53.